The van der Waals surface area contributed by atoms with Gasteiger partial charge in [-0.1, -0.05) is 29.8 Å². The monoisotopic (exact) mass is 204 g/mol. The van der Waals surface area contributed by atoms with Crippen molar-refractivity contribution in [3.05, 3.63) is 35.4 Å². The van der Waals surface area contributed by atoms with E-state index in [-0.39, 0.29) is 0 Å². The predicted molar refractivity (Wildman–Crippen MR) is 64.0 cm³/mol. The van der Waals surface area contributed by atoms with Gasteiger partial charge in [0.25, 0.3) is 0 Å². The molecule has 0 spiro atoms. The lowest BCUT2D eigenvalue weighted by Crippen LogP contribution is -2.28. The summed E-state index contributed by atoms with van der Waals surface area (Å²) >= 11 is 0. The van der Waals surface area contributed by atoms with Crippen LogP contribution in [-0.4, -0.2) is 19.1 Å². The zero-order valence-corrected chi connectivity index (χ0v) is 9.37. The largest absolute Gasteiger partial charge is 0.327 e. The fourth-order valence-electron chi connectivity index (χ4n) is 2.29. The summed E-state index contributed by atoms with van der Waals surface area (Å²) in [4.78, 5) is 0. The summed E-state index contributed by atoms with van der Waals surface area (Å²) in [5.74, 6) is 0.528. The SMILES string of the molecule is Cc1ccc(C2CCNCCC2N)cc1. The minimum absolute atomic E-state index is 0.308. The molecule has 2 atom stereocenters. The van der Waals surface area contributed by atoms with Crippen LogP contribution in [0.2, 0.25) is 0 Å². The molecule has 1 heterocycles. The quantitative estimate of drug-likeness (QED) is 0.732. The maximum Gasteiger partial charge on any atom is 0.0120 e. The Morgan fingerprint density at radius 2 is 1.80 bits per heavy atom. The second kappa shape index (κ2) is 4.77. The molecule has 0 bridgehead atoms. The maximum atomic E-state index is 6.21. The van der Waals surface area contributed by atoms with Crippen molar-refractivity contribution in [1.82, 2.24) is 5.32 Å². The third-order valence-corrected chi connectivity index (χ3v) is 3.31. The lowest BCUT2D eigenvalue weighted by Gasteiger charge is -2.21. The predicted octanol–water partition coefficient (Wildman–Crippen LogP) is 1.79. The summed E-state index contributed by atoms with van der Waals surface area (Å²) in [6, 6.07) is 9.12. The van der Waals surface area contributed by atoms with E-state index < -0.39 is 0 Å². The van der Waals surface area contributed by atoms with E-state index in [4.69, 9.17) is 5.73 Å². The molecule has 2 heteroatoms. The van der Waals surface area contributed by atoms with Crippen LogP contribution in [0.1, 0.15) is 29.9 Å². The number of rotatable bonds is 1. The molecule has 0 saturated carbocycles. The highest BCUT2D eigenvalue weighted by Crippen LogP contribution is 2.25. The first-order valence-corrected chi connectivity index (χ1v) is 5.80. The van der Waals surface area contributed by atoms with E-state index in [1.807, 2.05) is 0 Å². The van der Waals surface area contributed by atoms with Crippen LogP contribution < -0.4 is 11.1 Å². The van der Waals surface area contributed by atoms with Gasteiger partial charge in [-0.25, -0.2) is 0 Å². The van der Waals surface area contributed by atoms with Gasteiger partial charge in [-0.2, -0.15) is 0 Å². The fourth-order valence-corrected chi connectivity index (χ4v) is 2.29. The minimum Gasteiger partial charge on any atom is -0.327 e. The molecule has 15 heavy (non-hydrogen) atoms. The van der Waals surface area contributed by atoms with Gasteiger partial charge >= 0.3 is 0 Å². The molecular weight excluding hydrogens is 184 g/mol. The summed E-state index contributed by atoms with van der Waals surface area (Å²) in [5, 5.41) is 3.41. The Hall–Kier alpha value is -0.860. The average molecular weight is 204 g/mol. The van der Waals surface area contributed by atoms with Crippen LogP contribution in [0.5, 0.6) is 0 Å². The van der Waals surface area contributed by atoms with Gasteiger partial charge in [0, 0.05) is 12.0 Å². The molecule has 2 rings (SSSR count). The van der Waals surface area contributed by atoms with E-state index in [9.17, 15) is 0 Å². The first-order valence-electron chi connectivity index (χ1n) is 5.80. The average Bonchev–Trinajstić information content (AvgIpc) is 2.44. The third-order valence-electron chi connectivity index (χ3n) is 3.31. The van der Waals surface area contributed by atoms with Gasteiger partial charge in [0.2, 0.25) is 0 Å². The Morgan fingerprint density at radius 1 is 1.13 bits per heavy atom. The Kier molecular flexibility index (Phi) is 3.39. The molecule has 1 saturated heterocycles. The highest BCUT2D eigenvalue weighted by molar-refractivity contribution is 5.26. The Bertz CT molecular complexity index is 305. The normalized spacial score (nSPS) is 27.3. The van der Waals surface area contributed by atoms with Crippen LogP contribution in [0.4, 0.5) is 0 Å². The van der Waals surface area contributed by atoms with Crippen molar-refractivity contribution >= 4 is 0 Å². The second-order valence-corrected chi connectivity index (χ2v) is 4.51. The molecule has 0 radical (unpaired) electrons. The van der Waals surface area contributed by atoms with Crippen molar-refractivity contribution in [2.75, 3.05) is 13.1 Å². The van der Waals surface area contributed by atoms with Gasteiger partial charge in [0.15, 0.2) is 0 Å². The number of nitrogens with one attached hydrogen (secondary N) is 1. The van der Waals surface area contributed by atoms with E-state index in [0.29, 0.717) is 12.0 Å². The number of benzene rings is 1. The van der Waals surface area contributed by atoms with Crippen LogP contribution >= 0.6 is 0 Å². The van der Waals surface area contributed by atoms with Gasteiger partial charge < -0.3 is 11.1 Å². The molecule has 2 nitrogen and oxygen atoms in total. The lowest BCUT2D eigenvalue weighted by molar-refractivity contribution is 0.518. The minimum atomic E-state index is 0.308. The molecule has 0 aromatic heterocycles. The van der Waals surface area contributed by atoms with Crippen molar-refractivity contribution in [2.24, 2.45) is 5.73 Å². The molecule has 2 unspecified atom stereocenters. The van der Waals surface area contributed by atoms with Crippen molar-refractivity contribution in [3.8, 4) is 0 Å². The zero-order valence-electron chi connectivity index (χ0n) is 9.37. The first-order chi connectivity index (χ1) is 7.27. The first kappa shape index (κ1) is 10.7. The highest BCUT2D eigenvalue weighted by atomic mass is 14.9. The maximum absolute atomic E-state index is 6.21. The zero-order chi connectivity index (χ0) is 10.7. The molecule has 3 N–H and O–H groups in total. The van der Waals surface area contributed by atoms with Gasteiger partial charge in [0.1, 0.15) is 0 Å². The molecule has 82 valence electrons. The number of hydrogen-bond donors (Lipinski definition) is 2. The summed E-state index contributed by atoms with van der Waals surface area (Å²) in [5.41, 5.74) is 8.93. The highest BCUT2D eigenvalue weighted by Gasteiger charge is 2.21. The Balaban J connectivity index is 2.16. The molecule has 1 aromatic rings. The van der Waals surface area contributed by atoms with E-state index in [0.717, 1.165) is 25.9 Å². The van der Waals surface area contributed by atoms with Gasteiger partial charge in [-0.15, -0.1) is 0 Å². The van der Waals surface area contributed by atoms with Crippen LogP contribution in [0.15, 0.2) is 24.3 Å². The molecule has 0 amide bonds. The van der Waals surface area contributed by atoms with Crippen molar-refractivity contribution < 1.29 is 0 Å². The van der Waals surface area contributed by atoms with Crippen molar-refractivity contribution in [1.29, 1.82) is 0 Å². The van der Waals surface area contributed by atoms with E-state index in [1.54, 1.807) is 0 Å². The van der Waals surface area contributed by atoms with Gasteiger partial charge in [-0.05, 0) is 38.4 Å². The topological polar surface area (TPSA) is 38.0 Å². The molecular formula is C13H20N2. The van der Waals surface area contributed by atoms with Crippen LogP contribution in [-0.2, 0) is 0 Å². The van der Waals surface area contributed by atoms with E-state index in [1.165, 1.54) is 11.1 Å². The lowest BCUT2D eigenvalue weighted by atomic mass is 9.88. The summed E-state index contributed by atoms with van der Waals surface area (Å²) in [6.45, 7) is 4.27. The number of aryl methyl sites for hydroxylation is 1. The number of hydrogen-bond acceptors (Lipinski definition) is 2. The standard InChI is InChI=1S/C13H20N2/c1-10-2-4-11(5-3-10)12-6-8-15-9-7-13(12)14/h2-5,12-13,15H,6-9,14H2,1H3. The van der Waals surface area contributed by atoms with Crippen LogP contribution in [0.3, 0.4) is 0 Å². The van der Waals surface area contributed by atoms with Crippen LogP contribution in [0.25, 0.3) is 0 Å². The Labute approximate surface area is 91.9 Å². The molecule has 1 aromatic carbocycles. The Morgan fingerprint density at radius 3 is 2.53 bits per heavy atom. The summed E-state index contributed by atoms with van der Waals surface area (Å²) < 4.78 is 0. The fraction of sp³-hybridized carbons (Fsp3) is 0.538. The third kappa shape index (κ3) is 2.58. The van der Waals surface area contributed by atoms with Crippen LogP contribution in [0, 0.1) is 6.92 Å². The molecule has 1 aliphatic heterocycles. The summed E-state index contributed by atoms with van der Waals surface area (Å²) in [6.07, 6.45) is 2.24. The van der Waals surface area contributed by atoms with Crippen molar-refractivity contribution in [3.63, 3.8) is 0 Å². The summed E-state index contributed by atoms with van der Waals surface area (Å²) in [7, 11) is 0. The van der Waals surface area contributed by atoms with E-state index in [2.05, 4.69) is 36.5 Å². The molecule has 1 fully saturated rings. The molecule has 1 aliphatic rings. The van der Waals surface area contributed by atoms with Crippen molar-refractivity contribution in [2.45, 2.75) is 31.7 Å². The van der Waals surface area contributed by atoms with Gasteiger partial charge in [-0.3, -0.25) is 0 Å². The second-order valence-electron chi connectivity index (χ2n) is 4.51. The van der Waals surface area contributed by atoms with Gasteiger partial charge in [0.05, 0.1) is 0 Å². The van der Waals surface area contributed by atoms with E-state index >= 15 is 0 Å². The smallest absolute Gasteiger partial charge is 0.0120 e. The molecule has 0 aliphatic carbocycles. The number of nitrogens with two attached hydrogens (primary N) is 1.